The molecule has 82 valence electrons. The molecule has 1 unspecified atom stereocenters. The van der Waals surface area contributed by atoms with E-state index in [1.807, 2.05) is 24.3 Å². The number of carbonyl (C=O) groups is 1. The van der Waals surface area contributed by atoms with Gasteiger partial charge in [0.2, 0.25) is 0 Å². The highest BCUT2D eigenvalue weighted by Crippen LogP contribution is 2.19. The lowest BCUT2D eigenvalue weighted by Crippen LogP contribution is -2.24. The molecular weight excluding hydrogens is 206 g/mol. The van der Waals surface area contributed by atoms with Crippen LogP contribution in [0.3, 0.4) is 0 Å². The monoisotopic (exact) mass is 217 g/mol. The van der Waals surface area contributed by atoms with Crippen LogP contribution in [-0.2, 0) is 4.79 Å². The maximum absolute atomic E-state index is 10.5. The summed E-state index contributed by atoms with van der Waals surface area (Å²) in [5, 5.41) is 18.3. The second kappa shape index (κ2) is 4.28. The SMILES string of the molecule is O=C(O)CN=C1c2ccccc2C=CC1O. The van der Waals surface area contributed by atoms with Crippen LogP contribution in [0, 0.1) is 0 Å². The van der Waals surface area contributed by atoms with Crippen molar-refractivity contribution in [3.63, 3.8) is 0 Å². The van der Waals surface area contributed by atoms with Gasteiger partial charge in [-0.3, -0.25) is 9.79 Å². The largest absolute Gasteiger partial charge is 0.480 e. The molecule has 1 aromatic rings. The molecule has 0 heterocycles. The number of carboxylic acid groups (broad SMARTS) is 1. The fourth-order valence-corrected chi connectivity index (χ4v) is 1.65. The number of aliphatic hydroxyl groups is 1. The molecule has 0 fully saturated rings. The first kappa shape index (κ1) is 10.6. The molecule has 1 aliphatic rings. The van der Waals surface area contributed by atoms with Crippen molar-refractivity contribution in [2.45, 2.75) is 6.10 Å². The van der Waals surface area contributed by atoms with Crippen molar-refractivity contribution in [3.8, 4) is 0 Å². The number of aliphatic carboxylic acids is 1. The third kappa shape index (κ3) is 2.01. The second-order valence-electron chi connectivity index (χ2n) is 3.49. The highest BCUT2D eigenvalue weighted by atomic mass is 16.4. The average Bonchev–Trinajstić information content (AvgIpc) is 2.27. The van der Waals surface area contributed by atoms with Gasteiger partial charge in [-0.1, -0.05) is 30.3 Å². The van der Waals surface area contributed by atoms with Gasteiger partial charge in [0.1, 0.15) is 12.6 Å². The number of aliphatic imine (C=N–C) groups is 1. The van der Waals surface area contributed by atoms with Gasteiger partial charge in [0.05, 0.1) is 5.71 Å². The van der Waals surface area contributed by atoms with Gasteiger partial charge in [-0.25, -0.2) is 0 Å². The standard InChI is InChI=1S/C12H11NO3/c14-10-6-5-8-3-1-2-4-9(8)12(10)13-7-11(15)16/h1-6,10,14H,7H2,(H,15,16). The fraction of sp³-hybridized carbons (Fsp3) is 0.167. The highest BCUT2D eigenvalue weighted by molar-refractivity contribution is 6.10. The van der Waals surface area contributed by atoms with Crippen LogP contribution >= 0.6 is 0 Å². The Bertz CT molecular complexity index is 477. The topological polar surface area (TPSA) is 69.9 Å². The quantitative estimate of drug-likeness (QED) is 0.774. The Morgan fingerprint density at radius 1 is 1.38 bits per heavy atom. The molecule has 1 atom stereocenters. The molecule has 0 bridgehead atoms. The van der Waals surface area contributed by atoms with Crippen molar-refractivity contribution >= 4 is 17.8 Å². The molecule has 0 spiro atoms. The van der Waals surface area contributed by atoms with Gasteiger partial charge in [0.15, 0.2) is 0 Å². The number of rotatable bonds is 2. The number of hydrogen-bond acceptors (Lipinski definition) is 3. The minimum atomic E-state index is -1.01. The van der Waals surface area contributed by atoms with E-state index < -0.39 is 12.1 Å². The van der Waals surface area contributed by atoms with E-state index in [9.17, 15) is 9.90 Å². The van der Waals surface area contributed by atoms with E-state index in [0.717, 1.165) is 11.1 Å². The Kier molecular flexibility index (Phi) is 2.83. The number of hydrogen-bond donors (Lipinski definition) is 2. The summed E-state index contributed by atoms with van der Waals surface area (Å²) in [5.41, 5.74) is 2.15. The van der Waals surface area contributed by atoms with Crippen molar-refractivity contribution in [2.24, 2.45) is 4.99 Å². The van der Waals surface area contributed by atoms with Crippen molar-refractivity contribution in [2.75, 3.05) is 6.54 Å². The molecular formula is C12H11NO3. The molecule has 2 rings (SSSR count). The molecule has 1 aliphatic carbocycles. The molecule has 0 amide bonds. The molecule has 0 aromatic heterocycles. The fourth-order valence-electron chi connectivity index (χ4n) is 1.65. The molecule has 4 heteroatoms. The molecule has 16 heavy (non-hydrogen) atoms. The Hall–Kier alpha value is -1.94. The lowest BCUT2D eigenvalue weighted by atomic mass is 9.94. The van der Waals surface area contributed by atoms with E-state index in [1.165, 1.54) is 0 Å². The van der Waals surface area contributed by atoms with E-state index in [2.05, 4.69) is 4.99 Å². The molecule has 0 saturated carbocycles. The summed E-state index contributed by atoms with van der Waals surface area (Å²) in [4.78, 5) is 14.4. The molecule has 4 nitrogen and oxygen atoms in total. The summed E-state index contributed by atoms with van der Waals surface area (Å²) in [7, 11) is 0. The third-order valence-electron chi connectivity index (χ3n) is 2.36. The number of nitrogens with zero attached hydrogens (tertiary/aromatic N) is 1. The molecule has 1 aromatic carbocycles. The maximum Gasteiger partial charge on any atom is 0.325 e. The molecule has 0 saturated heterocycles. The lowest BCUT2D eigenvalue weighted by Gasteiger charge is -2.17. The Balaban J connectivity index is 2.41. The number of fused-ring (bicyclic) bond motifs is 1. The summed E-state index contributed by atoms with van der Waals surface area (Å²) >= 11 is 0. The lowest BCUT2D eigenvalue weighted by molar-refractivity contribution is -0.135. The van der Waals surface area contributed by atoms with E-state index in [4.69, 9.17) is 5.11 Å². The zero-order chi connectivity index (χ0) is 11.5. The van der Waals surface area contributed by atoms with Gasteiger partial charge in [-0.2, -0.15) is 0 Å². The summed E-state index contributed by atoms with van der Waals surface area (Å²) in [6.45, 7) is -0.325. The van der Waals surface area contributed by atoms with Crippen LogP contribution in [0.25, 0.3) is 6.08 Å². The first-order valence-electron chi connectivity index (χ1n) is 4.90. The first-order valence-corrected chi connectivity index (χ1v) is 4.90. The van der Waals surface area contributed by atoms with E-state index in [0.29, 0.717) is 5.71 Å². The van der Waals surface area contributed by atoms with Crippen LogP contribution < -0.4 is 0 Å². The minimum absolute atomic E-state index is 0.325. The smallest absolute Gasteiger partial charge is 0.325 e. The predicted octanol–water partition coefficient (Wildman–Crippen LogP) is 0.948. The minimum Gasteiger partial charge on any atom is -0.480 e. The van der Waals surface area contributed by atoms with E-state index >= 15 is 0 Å². The zero-order valence-corrected chi connectivity index (χ0v) is 8.50. The van der Waals surface area contributed by atoms with Gasteiger partial charge in [-0.05, 0) is 11.6 Å². The summed E-state index contributed by atoms with van der Waals surface area (Å²) in [6.07, 6.45) is 2.58. The van der Waals surface area contributed by atoms with Crippen LogP contribution in [0.15, 0.2) is 35.3 Å². The van der Waals surface area contributed by atoms with Crippen molar-refractivity contribution in [1.29, 1.82) is 0 Å². The number of carboxylic acids is 1. The molecule has 0 radical (unpaired) electrons. The van der Waals surface area contributed by atoms with Crippen molar-refractivity contribution in [3.05, 3.63) is 41.5 Å². The first-order chi connectivity index (χ1) is 7.68. The van der Waals surface area contributed by atoms with Crippen molar-refractivity contribution < 1.29 is 15.0 Å². The van der Waals surface area contributed by atoms with E-state index in [1.54, 1.807) is 12.2 Å². The summed E-state index contributed by atoms with van der Waals surface area (Å²) in [5.74, 6) is -1.01. The third-order valence-corrected chi connectivity index (χ3v) is 2.36. The van der Waals surface area contributed by atoms with E-state index in [-0.39, 0.29) is 6.54 Å². The second-order valence-corrected chi connectivity index (χ2v) is 3.49. The van der Waals surface area contributed by atoms with Gasteiger partial charge in [-0.15, -0.1) is 0 Å². The normalized spacial score (nSPS) is 20.8. The average molecular weight is 217 g/mol. The number of benzene rings is 1. The summed E-state index contributed by atoms with van der Waals surface area (Å²) in [6, 6.07) is 7.44. The van der Waals surface area contributed by atoms with Crippen LogP contribution in [0.2, 0.25) is 0 Å². The van der Waals surface area contributed by atoms with Crippen molar-refractivity contribution in [1.82, 2.24) is 0 Å². The van der Waals surface area contributed by atoms with Crippen LogP contribution in [0.4, 0.5) is 0 Å². The Morgan fingerprint density at radius 3 is 2.88 bits per heavy atom. The Morgan fingerprint density at radius 2 is 2.12 bits per heavy atom. The molecule has 2 N–H and O–H groups in total. The highest BCUT2D eigenvalue weighted by Gasteiger charge is 2.18. The van der Waals surface area contributed by atoms with Gasteiger partial charge in [0.25, 0.3) is 0 Å². The van der Waals surface area contributed by atoms with Crippen LogP contribution in [0.1, 0.15) is 11.1 Å². The van der Waals surface area contributed by atoms with Crippen LogP contribution in [0.5, 0.6) is 0 Å². The molecule has 0 aliphatic heterocycles. The zero-order valence-electron chi connectivity index (χ0n) is 8.50. The number of aliphatic hydroxyl groups excluding tert-OH is 1. The Labute approximate surface area is 92.6 Å². The summed E-state index contributed by atoms with van der Waals surface area (Å²) < 4.78 is 0. The van der Waals surface area contributed by atoms with Gasteiger partial charge in [0, 0.05) is 5.56 Å². The van der Waals surface area contributed by atoms with Gasteiger partial charge < -0.3 is 10.2 Å². The van der Waals surface area contributed by atoms with Gasteiger partial charge >= 0.3 is 5.97 Å². The predicted molar refractivity (Wildman–Crippen MR) is 60.5 cm³/mol. The van der Waals surface area contributed by atoms with Crippen LogP contribution in [-0.4, -0.2) is 34.5 Å². The maximum atomic E-state index is 10.5.